The fourth-order valence-electron chi connectivity index (χ4n) is 3.35. The number of aromatic nitrogens is 4. The minimum absolute atomic E-state index is 0.216. The van der Waals surface area contributed by atoms with Crippen molar-refractivity contribution in [1.29, 1.82) is 0 Å². The summed E-state index contributed by atoms with van der Waals surface area (Å²) < 4.78 is 6.84. The molecule has 1 aromatic carbocycles. The lowest BCUT2D eigenvalue weighted by Crippen LogP contribution is -2.26. The Morgan fingerprint density at radius 1 is 1.11 bits per heavy atom. The molecule has 1 aliphatic rings. The smallest absolute Gasteiger partial charge is 0.218 e. The van der Waals surface area contributed by atoms with Gasteiger partial charge in [0, 0.05) is 12.8 Å². The maximum Gasteiger partial charge on any atom is 0.218 e. The monoisotopic (exact) mass is 357 g/mol. The molecule has 0 bridgehead atoms. The van der Waals surface area contributed by atoms with Gasteiger partial charge in [0.15, 0.2) is 17.2 Å². The molecule has 0 aliphatic heterocycles. The van der Waals surface area contributed by atoms with E-state index in [4.69, 9.17) is 10.2 Å². The van der Waals surface area contributed by atoms with Crippen LogP contribution in [0.3, 0.4) is 0 Å². The number of nitrogens with two attached hydrogens (primary N) is 1. The number of nitrogen functional groups attached to an aromatic ring is 1. The molecule has 7 nitrogen and oxygen atoms in total. The molecule has 3 heterocycles. The molecule has 3 aromatic heterocycles. The molecular weight excluding hydrogens is 342 g/mol. The van der Waals surface area contributed by atoms with Crippen molar-refractivity contribution >= 4 is 11.5 Å². The number of hydrogen-bond donors (Lipinski definition) is 2. The minimum atomic E-state index is -1.10. The summed E-state index contributed by atoms with van der Waals surface area (Å²) >= 11 is 0. The van der Waals surface area contributed by atoms with Gasteiger partial charge in [-0.25, -0.2) is 14.5 Å². The highest BCUT2D eigenvalue weighted by Gasteiger charge is 2.33. The molecule has 0 spiro atoms. The fourth-order valence-corrected chi connectivity index (χ4v) is 3.35. The fraction of sp³-hybridized carbons (Fsp3) is 0.150. The van der Waals surface area contributed by atoms with Crippen LogP contribution in [0.2, 0.25) is 0 Å². The zero-order valence-corrected chi connectivity index (χ0v) is 14.3. The standard InChI is InChI=1S/C20H15N5O2/c21-17-19-23-18(16-6-3-9-27-16)24-25(19)12-15(22-17)7-8-20(26)10-13-4-1-2-5-14(13)11-20/h1-6,9,12,26H,10-11H2,(H2,21,22). The van der Waals surface area contributed by atoms with Crippen molar-refractivity contribution in [3.63, 3.8) is 0 Å². The van der Waals surface area contributed by atoms with E-state index in [-0.39, 0.29) is 5.82 Å². The second kappa shape index (κ2) is 5.69. The van der Waals surface area contributed by atoms with Gasteiger partial charge >= 0.3 is 0 Å². The molecule has 0 saturated carbocycles. The van der Waals surface area contributed by atoms with Gasteiger partial charge in [-0.2, -0.15) is 0 Å². The van der Waals surface area contributed by atoms with Crippen molar-refractivity contribution in [2.45, 2.75) is 18.4 Å². The Labute approximate surface area is 154 Å². The predicted molar refractivity (Wildman–Crippen MR) is 98.6 cm³/mol. The molecule has 7 heteroatoms. The summed E-state index contributed by atoms with van der Waals surface area (Å²) in [5, 5.41) is 15.2. The summed E-state index contributed by atoms with van der Waals surface area (Å²) in [7, 11) is 0. The Hall–Kier alpha value is -3.63. The molecule has 0 amide bonds. The van der Waals surface area contributed by atoms with Crippen LogP contribution < -0.4 is 5.73 Å². The first-order valence-electron chi connectivity index (χ1n) is 8.49. The molecule has 0 fully saturated rings. The summed E-state index contributed by atoms with van der Waals surface area (Å²) in [5.41, 5.74) is 8.00. The molecule has 132 valence electrons. The third-order valence-corrected chi connectivity index (χ3v) is 4.59. The Kier molecular flexibility index (Phi) is 3.29. The van der Waals surface area contributed by atoms with Gasteiger partial charge in [0.25, 0.3) is 0 Å². The average Bonchev–Trinajstić information content (AvgIpc) is 3.37. The first-order valence-corrected chi connectivity index (χ1v) is 8.49. The summed E-state index contributed by atoms with van der Waals surface area (Å²) in [5.74, 6) is 7.07. The Bertz CT molecular complexity index is 1190. The lowest BCUT2D eigenvalue weighted by atomic mass is 10.0. The van der Waals surface area contributed by atoms with Crippen LogP contribution in [0.1, 0.15) is 16.8 Å². The van der Waals surface area contributed by atoms with Crippen LogP contribution in [0.25, 0.3) is 17.2 Å². The third-order valence-electron chi connectivity index (χ3n) is 4.59. The first kappa shape index (κ1) is 15.6. The average molecular weight is 357 g/mol. The van der Waals surface area contributed by atoms with Gasteiger partial charge < -0.3 is 15.3 Å². The molecule has 3 N–H and O–H groups in total. The summed E-state index contributed by atoms with van der Waals surface area (Å²) in [6.45, 7) is 0. The number of furan rings is 1. The molecule has 27 heavy (non-hydrogen) atoms. The van der Waals surface area contributed by atoms with E-state index in [1.165, 1.54) is 4.52 Å². The van der Waals surface area contributed by atoms with E-state index < -0.39 is 5.60 Å². The van der Waals surface area contributed by atoms with E-state index in [0.29, 0.717) is 35.8 Å². The molecular formula is C20H15N5O2. The SMILES string of the molecule is Nc1nc(C#CC2(O)Cc3ccccc3C2)cn2nc(-c3ccco3)nc12. The maximum atomic E-state index is 10.8. The van der Waals surface area contributed by atoms with Gasteiger partial charge in [-0.05, 0) is 29.2 Å². The minimum Gasteiger partial charge on any atom is -0.461 e. The molecule has 5 rings (SSSR count). The van der Waals surface area contributed by atoms with Crippen molar-refractivity contribution in [3.05, 3.63) is 65.7 Å². The van der Waals surface area contributed by atoms with Gasteiger partial charge in [-0.3, -0.25) is 0 Å². The second-order valence-electron chi connectivity index (χ2n) is 6.60. The van der Waals surface area contributed by atoms with Crippen LogP contribution in [0.5, 0.6) is 0 Å². The number of hydrogen-bond acceptors (Lipinski definition) is 6. The maximum absolute atomic E-state index is 10.8. The number of anilines is 1. The highest BCUT2D eigenvalue weighted by molar-refractivity contribution is 5.64. The molecule has 0 radical (unpaired) electrons. The van der Waals surface area contributed by atoms with Gasteiger partial charge in [-0.1, -0.05) is 30.2 Å². The van der Waals surface area contributed by atoms with Crippen LogP contribution in [0.15, 0.2) is 53.3 Å². The molecule has 4 aromatic rings. The van der Waals surface area contributed by atoms with Crippen LogP contribution in [0.4, 0.5) is 5.82 Å². The molecule has 0 atom stereocenters. The van der Waals surface area contributed by atoms with Gasteiger partial charge in [0.2, 0.25) is 5.82 Å². The summed E-state index contributed by atoms with van der Waals surface area (Å²) in [6, 6.07) is 11.5. The van der Waals surface area contributed by atoms with Crippen molar-refractivity contribution in [2.24, 2.45) is 0 Å². The normalized spacial score (nSPS) is 14.7. The third kappa shape index (κ3) is 2.72. The van der Waals surface area contributed by atoms with Gasteiger partial charge in [0.05, 0.1) is 12.5 Å². The highest BCUT2D eigenvalue weighted by Crippen LogP contribution is 2.29. The lowest BCUT2D eigenvalue weighted by Gasteiger charge is -2.13. The first-order chi connectivity index (χ1) is 13.1. The largest absolute Gasteiger partial charge is 0.461 e. The summed E-state index contributed by atoms with van der Waals surface area (Å²) in [6.07, 6.45) is 4.20. The second-order valence-corrected chi connectivity index (χ2v) is 6.60. The number of fused-ring (bicyclic) bond motifs is 2. The molecule has 0 saturated heterocycles. The van der Waals surface area contributed by atoms with Crippen molar-refractivity contribution < 1.29 is 9.52 Å². The van der Waals surface area contributed by atoms with E-state index in [9.17, 15) is 5.11 Å². The number of nitrogens with zero attached hydrogens (tertiary/aromatic N) is 4. The van der Waals surface area contributed by atoms with Gasteiger partial charge in [-0.15, -0.1) is 5.10 Å². The van der Waals surface area contributed by atoms with Crippen molar-refractivity contribution in [1.82, 2.24) is 19.6 Å². The van der Waals surface area contributed by atoms with E-state index in [2.05, 4.69) is 26.9 Å². The predicted octanol–water partition coefficient (Wildman–Crippen LogP) is 1.85. The van der Waals surface area contributed by atoms with Crippen LogP contribution in [0, 0.1) is 11.8 Å². The van der Waals surface area contributed by atoms with E-state index in [1.807, 2.05) is 24.3 Å². The zero-order chi connectivity index (χ0) is 18.4. The Balaban J connectivity index is 1.49. The molecule has 1 aliphatic carbocycles. The van der Waals surface area contributed by atoms with Crippen LogP contribution in [-0.2, 0) is 12.8 Å². The van der Waals surface area contributed by atoms with E-state index >= 15 is 0 Å². The van der Waals surface area contributed by atoms with Crippen LogP contribution in [-0.4, -0.2) is 30.3 Å². The molecule has 0 unspecified atom stereocenters. The number of rotatable bonds is 1. The Morgan fingerprint density at radius 2 is 1.89 bits per heavy atom. The van der Waals surface area contributed by atoms with E-state index in [1.54, 1.807) is 24.6 Å². The highest BCUT2D eigenvalue weighted by atomic mass is 16.3. The van der Waals surface area contributed by atoms with Crippen molar-refractivity contribution in [3.8, 4) is 23.4 Å². The number of aliphatic hydroxyl groups is 1. The topological polar surface area (TPSA) is 102 Å². The van der Waals surface area contributed by atoms with E-state index in [0.717, 1.165) is 11.1 Å². The summed E-state index contributed by atoms with van der Waals surface area (Å²) in [4.78, 5) is 8.62. The zero-order valence-electron chi connectivity index (χ0n) is 14.3. The quantitative estimate of drug-likeness (QED) is 0.504. The lowest BCUT2D eigenvalue weighted by molar-refractivity contribution is 0.114. The number of benzene rings is 1. The van der Waals surface area contributed by atoms with Crippen LogP contribution >= 0.6 is 0 Å². The Morgan fingerprint density at radius 3 is 2.59 bits per heavy atom. The van der Waals surface area contributed by atoms with Gasteiger partial charge in [0.1, 0.15) is 11.3 Å². The van der Waals surface area contributed by atoms with Crippen molar-refractivity contribution in [2.75, 3.05) is 5.73 Å².